The molecule has 0 radical (unpaired) electrons. The zero-order valence-corrected chi connectivity index (χ0v) is 15.0. The number of aromatic nitrogens is 5. The molecular weight excluding hydrogens is 383 g/mol. The number of nitrogens with one attached hydrogen (secondary N) is 1. The predicted molar refractivity (Wildman–Crippen MR) is 98.0 cm³/mol. The summed E-state index contributed by atoms with van der Waals surface area (Å²) in [5.41, 5.74) is 2.01. The second-order valence-electron chi connectivity index (χ2n) is 7.63. The Hall–Kier alpha value is -3.36. The van der Waals surface area contributed by atoms with Crippen LogP contribution in [0.3, 0.4) is 0 Å². The van der Waals surface area contributed by atoms with Crippen LogP contribution in [0.5, 0.6) is 5.88 Å². The highest BCUT2D eigenvalue weighted by Crippen LogP contribution is 2.63. The van der Waals surface area contributed by atoms with Gasteiger partial charge in [-0.25, -0.2) is 22.8 Å². The molecule has 146 valence electrons. The van der Waals surface area contributed by atoms with Crippen molar-refractivity contribution in [3.05, 3.63) is 48.5 Å². The lowest BCUT2D eigenvalue weighted by molar-refractivity contribution is 0.0154. The maximum absolute atomic E-state index is 13.9. The van der Waals surface area contributed by atoms with Gasteiger partial charge < -0.3 is 4.74 Å². The molecular formula is C20H14F3N5O. The van der Waals surface area contributed by atoms with Gasteiger partial charge in [-0.15, -0.1) is 0 Å². The van der Waals surface area contributed by atoms with Gasteiger partial charge in [0.1, 0.15) is 18.1 Å². The van der Waals surface area contributed by atoms with Crippen molar-refractivity contribution < 1.29 is 17.9 Å². The lowest BCUT2D eigenvalue weighted by atomic mass is 9.99. The standard InChI is InChI=1S/C20H14F3N5O/c21-12-3-1-11(2-4-12)16-15(13-5-6-24-17-14(13)7-25-26-17)18-28(27-16)9-19(10-29-18)8-20(19,22)23/h1-7H,8-10H2,(H,24,25,26). The first-order valence-electron chi connectivity index (χ1n) is 9.13. The van der Waals surface area contributed by atoms with Gasteiger partial charge in [0.05, 0.1) is 23.7 Å². The molecule has 0 saturated heterocycles. The zero-order valence-electron chi connectivity index (χ0n) is 15.0. The van der Waals surface area contributed by atoms with E-state index in [-0.39, 0.29) is 25.4 Å². The summed E-state index contributed by atoms with van der Waals surface area (Å²) in [4.78, 5) is 4.26. The number of pyridine rings is 1. The highest BCUT2D eigenvalue weighted by atomic mass is 19.3. The van der Waals surface area contributed by atoms with Crippen molar-refractivity contribution in [2.75, 3.05) is 6.61 Å². The highest BCUT2D eigenvalue weighted by molar-refractivity contribution is 5.98. The number of nitrogens with zero attached hydrogens (tertiary/aromatic N) is 4. The molecule has 3 aromatic heterocycles. The van der Waals surface area contributed by atoms with Crippen molar-refractivity contribution in [1.29, 1.82) is 0 Å². The zero-order chi connectivity index (χ0) is 19.8. The van der Waals surface area contributed by atoms with Gasteiger partial charge in [0.25, 0.3) is 5.92 Å². The molecule has 1 aliphatic heterocycles. The van der Waals surface area contributed by atoms with Crippen molar-refractivity contribution >= 4 is 11.0 Å². The van der Waals surface area contributed by atoms with E-state index in [1.807, 2.05) is 6.07 Å². The van der Waals surface area contributed by atoms with Gasteiger partial charge in [-0.1, -0.05) is 0 Å². The van der Waals surface area contributed by atoms with E-state index in [0.717, 1.165) is 10.9 Å². The monoisotopic (exact) mass is 397 g/mol. The molecule has 6 rings (SSSR count). The van der Waals surface area contributed by atoms with E-state index in [1.54, 1.807) is 24.5 Å². The normalized spacial score (nSPS) is 21.9. The van der Waals surface area contributed by atoms with Gasteiger partial charge in [-0.2, -0.15) is 10.2 Å². The second-order valence-corrected chi connectivity index (χ2v) is 7.63. The number of alkyl halides is 2. The van der Waals surface area contributed by atoms with Crippen molar-refractivity contribution in [3.8, 4) is 28.3 Å². The topological polar surface area (TPSA) is 68.6 Å². The summed E-state index contributed by atoms with van der Waals surface area (Å²) >= 11 is 0. The minimum atomic E-state index is -2.75. The van der Waals surface area contributed by atoms with Crippen LogP contribution in [0.15, 0.2) is 42.7 Å². The summed E-state index contributed by atoms with van der Waals surface area (Å²) < 4.78 is 48.7. The number of fused-ring (bicyclic) bond motifs is 2. The Morgan fingerprint density at radius 2 is 1.93 bits per heavy atom. The maximum atomic E-state index is 13.9. The predicted octanol–water partition coefficient (Wildman–Crippen LogP) is 4.05. The minimum Gasteiger partial charge on any atom is -0.476 e. The fourth-order valence-corrected chi connectivity index (χ4v) is 4.07. The maximum Gasteiger partial charge on any atom is 0.259 e. The van der Waals surface area contributed by atoms with Gasteiger partial charge in [-0.3, -0.25) is 5.10 Å². The molecule has 9 heteroatoms. The minimum absolute atomic E-state index is 0.0683. The van der Waals surface area contributed by atoms with E-state index >= 15 is 0 Å². The average molecular weight is 397 g/mol. The van der Waals surface area contributed by atoms with Crippen LogP contribution < -0.4 is 4.74 Å². The first-order valence-corrected chi connectivity index (χ1v) is 9.13. The van der Waals surface area contributed by atoms with Crippen LogP contribution in [-0.4, -0.2) is 37.5 Å². The first-order chi connectivity index (χ1) is 14.0. The lowest BCUT2D eigenvalue weighted by Crippen LogP contribution is -2.31. The summed E-state index contributed by atoms with van der Waals surface area (Å²) in [5, 5.41) is 12.2. The molecule has 0 amide bonds. The molecule has 1 aromatic carbocycles. The number of hydrogen-bond acceptors (Lipinski definition) is 4. The SMILES string of the molecule is Fc1ccc(-c2nn3c(c2-c2ccnc4[nH]ncc24)OCC2(C3)CC2(F)F)cc1. The molecule has 1 fully saturated rings. The van der Waals surface area contributed by atoms with E-state index < -0.39 is 11.3 Å². The van der Waals surface area contributed by atoms with Gasteiger partial charge >= 0.3 is 0 Å². The molecule has 4 heterocycles. The average Bonchev–Trinajstić information content (AvgIpc) is 3.09. The van der Waals surface area contributed by atoms with Crippen molar-refractivity contribution in [2.45, 2.75) is 18.9 Å². The Kier molecular flexibility index (Phi) is 3.07. The van der Waals surface area contributed by atoms with Crippen molar-refractivity contribution in [3.63, 3.8) is 0 Å². The van der Waals surface area contributed by atoms with E-state index in [0.29, 0.717) is 28.3 Å². The van der Waals surface area contributed by atoms with Gasteiger partial charge in [-0.05, 0) is 30.3 Å². The third-order valence-corrected chi connectivity index (χ3v) is 5.80. The fraction of sp³-hybridized carbons (Fsp3) is 0.250. The largest absolute Gasteiger partial charge is 0.476 e. The molecule has 29 heavy (non-hydrogen) atoms. The van der Waals surface area contributed by atoms with Gasteiger partial charge in [0.2, 0.25) is 5.88 Å². The molecule has 1 saturated carbocycles. The van der Waals surface area contributed by atoms with Gasteiger partial charge in [0.15, 0.2) is 5.65 Å². The number of hydrogen-bond donors (Lipinski definition) is 1. The number of ether oxygens (including phenoxy) is 1. The number of H-pyrrole nitrogens is 1. The number of benzene rings is 1. The van der Waals surface area contributed by atoms with Crippen LogP contribution in [0.4, 0.5) is 13.2 Å². The Morgan fingerprint density at radius 1 is 1.14 bits per heavy atom. The molecule has 1 aliphatic carbocycles. The van der Waals surface area contributed by atoms with E-state index in [1.165, 1.54) is 16.8 Å². The quantitative estimate of drug-likeness (QED) is 0.554. The van der Waals surface area contributed by atoms with E-state index in [9.17, 15) is 13.2 Å². The number of rotatable bonds is 2. The first kappa shape index (κ1) is 16.6. The molecule has 1 spiro atoms. The van der Waals surface area contributed by atoms with Crippen molar-refractivity contribution in [2.24, 2.45) is 5.41 Å². The van der Waals surface area contributed by atoms with E-state index in [2.05, 4.69) is 20.3 Å². The van der Waals surface area contributed by atoms with Crippen LogP contribution in [0.25, 0.3) is 33.4 Å². The van der Waals surface area contributed by atoms with Crippen molar-refractivity contribution in [1.82, 2.24) is 25.0 Å². The van der Waals surface area contributed by atoms with Crippen LogP contribution in [0, 0.1) is 11.2 Å². The van der Waals surface area contributed by atoms with E-state index in [4.69, 9.17) is 4.74 Å². The number of aromatic amines is 1. The Labute approximate surface area is 162 Å². The molecule has 1 atom stereocenters. The Morgan fingerprint density at radius 3 is 2.69 bits per heavy atom. The highest BCUT2D eigenvalue weighted by Gasteiger charge is 2.73. The third-order valence-electron chi connectivity index (χ3n) is 5.80. The summed E-state index contributed by atoms with van der Waals surface area (Å²) in [6.07, 6.45) is 3.07. The summed E-state index contributed by atoms with van der Waals surface area (Å²) in [6.45, 7) is 0.00427. The molecule has 1 unspecified atom stereocenters. The molecule has 4 aromatic rings. The van der Waals surface area contributed by atoms with Crippen LogP contribution >= 0.6 is 0 Å². The number of halogens is 3. The van der Waals surface area contributed by atoms with Crippen LogP contribution in [0.1, 0.15) is 6.42 Å². The smallest absolute Gasteiger partial charge is 0.259 e. The lowest BCUT2D eigenvalue weighted by Gasteiger charge is -2.24. The summed E-state index contributed by atoms with van der Waals surface area (Å²) in [5.74, 6) is -2.69. The Bertz CT molecular complexity index is 1260. The van der Waals surface area contributed by atoms with Crippen LogP contribution in [0.2, 0.25) is 0 Å². The van der Waals surface area contributed by atoms with Crippen LogP contribution in [-0.2, 0) is 6.54 Å². The molecule has 1 N–H and O–H groups in total. The fourth-order valence-electron chi connectivity index (χ4n) is 4.07. The Balaban J connectivity index is 1.59. The molecule has 0 bridgehead atoms. The summed E-state index contributed by atoms with van der Waals surface area (Å²) in [7, 11) is 0. The molecule has 6 nitrogen and oxygen atoms in total. The van der Waals surface area contributed by atoms with Gasteiger partial charge in [0, 0.05) is 29.1 Å². The molecule has 2 aliphatic rings. The summed E-state index contributed by atoms with van der Waals surface area (Å²) in [6, 6.07) is 7.72. The second kappa shape index (κ2) is 5.37. The third kappa shape index (κ3) is 2.27.